The van der Waals surface area contributed by atoms with Crippen LogP contribution in [0.1, 0.15) is 40.9 Å². The van der Waals surface area contributed by atoms with E-state index in [1.807, 2.05) is 19.1 Å². The average Bonchev–Trinajstić information content (AvgIpc) is 3.49. The SMILES string of the molecule is CNc1ccc(Cn2nc(/C(F)=C/c3ccc(C4(C(F)(F)F)CC4)cc3)cc2C)cn1. The monoisotopic (exact) mass is 430 g/mol. The van der Waals surface area contributed by atoms with Crippen molar-refractivity contribution >= 4 is 17.7 Å². The highest BCUT2D eigenvalue weighted by atomic mass is 19.4. The molecule has 1 aliphatic rings. The number of aryl methyl sites for hydroxylation is 1. The first-order chi connectivity index (χ1) is 14.7. The third-order valence-electron chi connectivity index (χ3n) is 5.69. The summed E-state index contributed by atoms with van der Waals surface area (Å²) in [5.74, 6) is 0.208. The van der Waals surface area contributed by atoms with Crippen molar-refractivity contribution in [3.63, 3.8) is 0 Å². The van der Waals surface area contributed by atoms with Gasteiger partial charge in [-0.25, -0.2) is 9.37 Å². The molecule has 1 aromatic carbocycles. The molecular formula is C23H22F4N4. The van der Waals surface area contributed by atoms with Crippen LogP contribution in [0.2, 0.25) is 0 Å². The molecule has 0 unspecified atom stereocenters. The number of rotatable bonds is 6. The number of hydrogen-bond acceptors (Lipinski definition) is 3. The van der Waals surface area contributed by atoms with Gasteiger partial charge in [-0.1, -0.05) is 30.3 Å². The van der Waals surface area contributed by atoms with Crippen LogP contribution in [0.3, 0.4) is 0 Å². The van der Waals surface area contributed by atoms with Crippen LogP contribution in [-0.4, -0.2) is 28.0 Å². The van der Waals surface area contributed by atoms with E-state index in [0.717, 1.165) is 17.1 Å². The van der Waals surface area contributed by atoms with E-state index in [1.54, 1.807) is 24.0 Å². The number of aromatic nitrogens is 3. The molecule has 1 N–H and O–H groups in total. The maximum absolute atomic E-state index is 14.8. The van der Waals surface area contributed by atoms with Gasteiger partial charge in [0, 0.05) is 18.9 Å². The summed E-state index contributed by atoms with van der Waals surface area (Å²) >= 11 is 0. The minimum Gasteiger partial charge on any atom is -0.373 e. The van der Waals surface area contributed by atoms with Crippen molar-refractivity contribution in [2.45, 2.75) is 37.9 Å². The van der Waals surface area contributed by atoms with Crippen LogP contribution < -0.4 is 5.32 Å². The Morgan fingerprint density at radius 2 is 1.87 bits per heavy atom. The molecule has 162 valence electrons. The summed E-state index contributed by atoms with van der Waals surface area (Å²) in [6.45, 7) is 2.28. The first-order valence-electron chi connectivity index (χ1n) is 9.94. The summed E-state index contributed by atoms with van der Waals surface area (Å²) < 4.78 is 56.2. The lowest BCUT2D eigenvalue weighted by molar-refractivity contribution is -0.160. The van der Waals surface area contributed by atoms with Crippen LogP contribution in [0.5, 0.6) is 0 Å². The highest BCUT2D eigenvalue weighted by Crippen LogP contribution is 2.58. The second-order valence-corrected chi connectivity index (χ2v) is 7.82. The predicted octanol–water partition coefficient (Wildman–Crippen LogP) is 5.74. The molecule has 0 saturated heterocycles. The largest absolute Gasteiger partial charge is 0.398 e. The number of halogens is 4. The van der Waals surface area contributed by atoms with Gasteiger partial charge in [0.2, 0.25) is 0 Å². The zero-order valence-electron chi connectivity index (χ0n) is 17.2. The summed E-state index contributed by atoms with van der Waals surface area (Å²) in [4.78, 5) is 4.26. The molecule has 0 amide bonds. The van der Waals surface area contributed by atoms with E-state index in [4.69, 9.17) is 0 Å². The first-order valence-corrected chi connectivity index (χ1v) is 9.94. The number of benzene rings is 1. The zero-order chi connectivity index (χ0) is 22.2. The molecule has 0 atom stereocenters. The van der Waals surface area contributed by atoms with Crippen molar-refractivity contribution < 1.29 is 17.6 Å². The Morgan fingerprint density at radius 1 is 1.16 bits per heavy atom. The number of anilines is 1. The fourth-order valence-corrected chi connectivity index (χ4v) is 3.61. The zero-order valence-corrected chi connectivity index (χ0v) is 17.2. The molecule has 4 rings (SSSR count). The average molecular weight is 430 g/mol. The highest BCUT2D eigenvalue weighted by Gasteiger charge is 2.64. The molecule has 0 spiro atoms. The van der Waals surface area contributed by atoms with Crippen molar-refractivity contribution in [1.29, 1.82) is 0 Å². The second-order valence-electron chi connectivity index (χ2n) is 7.82. The van der Waals surface area contributed by atoms with E-state index in [1.165, 1.54) is 30.3 Å². The van der Waals surface area contributed by atoms with Gasteiger partial charge >= 0.3 is 6.18 Å². The van der Waals surface area contributed by atoms with Gasteiger partial charge in [-0.15, -0.1) is 0 Å². The van der Waals surface area contributed by atoms with E-state index in [0.29, 0.717) is 12.1 Å². The third-order valence-corrected chi connectivity index (χ3v) is 5.69. The Labute approximate surface area is 177 Å². The predicted molar refractivity (Wildman–Crippen MR) is 112 cm³/mol. The molecule has 0 radical (unpaired) electrons. The summed E-state index contributed by atoms with van der Waals surface area (Å²) in [7, 11) is 1.79. The summed E-state index contributed by atoms with van der Waals surface area (Å²) in [5, 5.41) is 7.27. The Morgan fingerprint density at radius 3 is 2.42 bits per heavy atom. The lowest BCUT2D eigenvalue weighted by Crippen LogP contribution is -2.28. The maximum atomic E-state index is 14.8. The normalized spacial score (nSPS) is 15.7. The molecule has 0 aliphatic heterocycles. The van der Waals surface area contributed by atoms with Gasteiger partial charge in [0.15, 0.2) is 5.83 Å². The van der Waals surface area contributed by atoms with Gasteiger partial charge in [-0.05, 0) is 54.7 Å². The molecule has 3 aromatic rings. The Hall–Kier alpha value is -3.16. The van der Waals surface area contributed by atoms with Crippen molar-refractivity contribution in [2.24, 2.45) is 0 Å². The van der Waals surface area contributed by atoms with Crippen LogP contribution in [0.15, 0.2) is 48.7 Å². The fraction of sp³-hybridized carbons (Fsp3) is 0.304. The molecule has 1 fully saturated rings. The smallest absolute Gasteiger partial charge is 0.373 e. The van der Waals surface area contributed by atoms with Crippen molar-refractivity contribution in [3.05, 3.63) is 76.7 Å². The van der Waals surface area contributed by atoms with Crippen molar-refractivity contribution in [2.75, 3.05) is 12.4 Å². The second kappa shape index (κ2) is 7.83. The number of alkyl halides is 3. The maximum Gasteiger partial charge on any atom is 0.398 e. The van der Waals surface area contributed by atoms with E-state index in [-0.39, 0.29) is 24.1 Å². The summed E-state index contributed by atoms with van der Waals surface area (Å²) in [6.07, 6.45) is -1.04. The van der Waals surface area contributed by atoms with Gasteiger partial charge < -0.3 is 5.32 Å². The van der Waals surface area contributed by atoms with Gasteiger partial charge in [-0.2, -0.15) is 18.3 Å². The number of nitrogens with zero attached hydrogens (tertiary/aromatic N) is 3. The lowest BCUT2D eigenvalue weighted by Gasteiger charge is -2.19. The molecule has 8 heteroatoms. The minimum atomic E-state index is -4.26. The molecule has 0 bridgehead atoms. The molecular weight excluding hydrogens is 408 g/mol. The van der Waals surface area contributed by atoms with Gasteiger partial charge in [0.1, 0.15) is 11.5 Å². The summed E-state index contributed by atoms with van der Waals surface area (Å²) in [5.41, 5.74) is 0.872. The van der Waals surface area contributed by atoms with Crippen LogP contribution in [0.25, 0.3) is 11.9 Å². The standard InChI is InChI=1S/C23H22F4N4/c1-15-11-20(30-31(15)14-17-5-8-21(28-2)29-13-17)19(24)12-16-3-6-18(7-4-16)22(9-10-22)23(25,26)27/h3-8,11-13H,9-10,14H2,1-2H3,(H,28,29)/b19-12-. The van der Waals surface area contributed by atoms with Crippen LogP contribution in [-0.2, 0) is 12.0 Å². The Bertz CT molecular complexity index is 1090. The van der Waals surface area contributed by atoms with E-state index < -0.39 is 17.4 Å². The Kier molecular flexibility index (Phi) is 5.33. The number of hydrogen-bond donors (Lipinski definition) is 1. The quantitative estimate of drug-likeness (QED) is 0.508. The van der Waals surface area contributed by atoms with Crippen LogP contribution >= 0.6 is 0 Å². The topological polar surface area (TPSA) is 42.7 Å². The van der Waals surface area contributed by atoms with Crippen LogP contribution in [0.4, 0.5) is 23.4 Å². The van der Waals surface area contributed by atoms with Gasteiger partial charge in [0.05, 0.1) is 12.0 Å². The van der Waals surface area contributed by atoms with E-state index in [2.05, 4.69) is 15.4 Å². The molecule has 1 aliphatic carbocycles. The molecule has 1 saturated carbocycles. The Balaban J connectivity index is 1.50. The third kappa shape index (κ3) is 4.19. The van der Waals surface area contributed by atoms with Crippen molar-refractivity contribution in [3.8, 4) is 0 Å². The highest BCUT2D eigenvalue weighted by molar-refractivity contribution is 5.75. The summed E-state index contributed by atoms with van der Waals surface area (Å²) in [6, 6.07) is 11.3. The number of nitrogens with one attached hydrogen (secondary N) is 1. The van der Waals surface area contributed by atoms with Gasteiger partial charge in [-0.3, -0.25) is 4.68 Å². The molecule has 2 aromatic heterocycles. The first kappa shape index (κ1) is 21.1. The number of pyridine rings is 1. The van der Waals surface area contributed by atoms with E-state index in [9.17, 15) is 17.6 Å². The lowest BCUT2D eigenvalue weighted by atomic mass is 9.94. The van der Waals surface area contributed by atoms with Gasteiger partial charge in [0.25, 0.3) is 0 Å². The van der Waals surface area contributed by atoms with Crippen LogP contribution in [0, 0.1) is 6.92 Å². The van der Waals surface area contributed by atoms with E-state index >= 15 is 0 Å². The molecule has 2 heterocycles. The molecule has 4 nitrogen and oxygen atoms in total. The molecule has 31 heavy (non-hydrogen) atoms. The fourth-order valence-electron chi connectivity index (χ4n) is 3.61. The van der Waals surface area contributed by atoms with Crippen molar-refractivity contribution in [1.82, 2.24) is 14.8 Å². The minimum absolute atomic E-state index is 0.101.